The van der Waals surface area contributed by atoms with E-state index in [4.69, 9.17) is 5.11 Å². The summed E-state index contributed by atoms with van der Waals surface area (Å²) in [6.45, 7) is 0.0111. The number of hydrogen-bond donors (Lipinski definition) is 1. The van der Waals surface area contributed by atoms with Gasteiger partial charge in [0.1, 0.15) is 0 Å². The number of nitrogens with zero attached hydrogens (tertiary/aromatic N) is 1. The fraction of sp³-hybridized carbons (Fsp3) is 0.154. The summed E-state index contributed by atoms with van der Waals surface area (Å²) in [4.78, 5) is 11.4. The van der Waals surface area contributed by atoms with Gasteiger partial charge in [0.15, 0.2) is 0 Å². The fourth-order valence-corrected chi connectivity index (χ4v) is 2.18. The van der Waals surface area contributed by atoms with Crippen LogP contribution in [0, 0.1) is 0 Å². The zero-order chi connectivity index (χ0) is 12.4. The second kappa shape index (κ2) is 4.85. The molecule has 1 N–H and O–H groups in total. The smallest absolute Gasteiger partial charge is 0.251 e. The highest BCUT2D eigenvalue weighted by molar-refractivity contribution is 9.10. The highest BCUT2D eigenvalue weighted by atomic mass is 79.9. The van der Waals surface area contributed by atoms with Crippen molar-refractivity contribution in [2.75, 3.05) is 0 Å². The molecule has 1 aromatic heterocycles. The number of halogens is 1. The third-order valence-corrected chi connectivity index (χ3v) is 3.25. The van der Waals surface area contributed by atoms with Crippen molar-refractivity contribution in [2.24, 2.45) is 7.05 Å². The molecule has 2 aromatic rings. The van der Waals surface area contributed by atoms with Crippen LogP contribution in [0.15, 0.2) is 45.8 Å². The Morgan fingerprint density at radius 1 is 1.35 bits per heavy atom. The molecule has 0 amide bonds. The van der Waals surface area contributed by atoms with Crippen molar-refractivity contribution < 1.29 is 5.11 Å². The summed E-state index contributed by atoms with van der Waals surface area (Å²) in [6, 6.07) is 9.15. The molecule has 0 spiro atoms. The average molecular weight is 294 g/mol. The molecule has 3 nitrogen and oxygen atoms in total. The fourth-order valence-electron chi connectivity index (χ4n) is 1.66. The lowest BCUT2D eigenvalue weighted by atomic mass is 10.1. The molecule has 1 heterocycles. The minimum absolute atomic E-state index is 0.0111. The Labute approximate surface area is 107 Å². The van der Waals surface area contributed by atoms with Gasteiger partial charge in [0.2, 0.25) is 0 Å². The molecule has 0 aliphatic carbocycles. The monoisotopic (exact) mass is 293 g/mol. The number of aromatic nitrogens is 1. The first-order valence-electron chi connectivity index (χ1n) is 5.18. The van der Waals surface area contributed by atoms with E-state index in [1.807, 2.05) is 24.3 Å². The number of benzene rings is 1. The van der Waals surface area contributed by atoms with Gasteiger partial charge in [0.05, 0.1) is 6.61 Å². The van der Waals surface area contributed by atoms with Crippen molar-refractivity contribution in [2.45, 2.75) is 6.61 Å². The van der Waals surface area contributed by atoms with Crippen LogP contribution >= 0.6 is 15.9 Å². The van der Waals surface area contributed by atoms with Crippen LogP contribution in [0.3, 0.4) is 0 Å². The molecular formula is C13H12BrNO2. The zero-order valence-electron chi connectivity index (χ0n) is 9.35. The highest BCUT2D eigenvalue weighted by Gasteiger charge is 2.06. The third-order valence-electron chi connectivity index (χ3n) is 2.60. The lowest BCUT2D eigenvalue weighted by molar-refractivity contribution is 0.282. The largest absolute Gasteiger partial charge is 0.392 e. The highest BCUT2D eigenvalue weighted by Crippen LogP contribution is 2.27. The average Bonchev–Trinajstić information content (AvgIpc) is 2.34. The zero-order valence-corrected chi connectivity index (χ0v) is 10.9. The molecule has 0 fully saturated rings. The van der Waals surface area contributed by atoms with Gasteiger partial charge in [-0.2, -0.15) is 0 Å². The van der Waals surface area contributed by atoms with E-state index in [-0.39, 0.29) is 12.2 Å². The molecule has 0 saturated carbocycles. The van der Waals surface area contributed by atoms with Gasteiger partial charge >= 0.3 is 0 Å². The third kappa shape index (κ3) is 2.48. The van der Waals surface area contributed by atoms with Crippen LogP contribution in [-0.2, 0) is 13.7 Å². The Hall–Kier alpha value is -1.39. The summed E-state index contributed by atoms with van der Waals surface area (Å²) in [5, 5.41) is 9.11. The molecule has 0 saturated heterocycles. The topological polar surface area (TPSA) is 42.2 Å². The molecule has 2 rings (SSSR count). The lowest BCUT2D eigenvalue weighted by Crippen LogP contribution is -2.14. The van der Waals surface area contributed by atoms with E-state index >= 15 is 0 Å². The van der Waals surface area contributed by atoms with Gasteiger partial charge in [-0.1, -0.05) is 18.2 Å². The number of aliphatic hydroxyl groups excluding tert-OH is 1. The molecular weight excluding hydrogens is 282 g/mol. The molecule has 0 aliphatic rings. The maximum Gasteiger partial charge on any atom is 0.251 e. The SMILES string of the molecule is Cn1cc(-c2cccc(CO)c2)c(Br)cc1=O. The number of hydrogen-bond acceptors (Lipinski definition) is 2. The molecule has 0 aliphatic heterocycles. The van der Waals surface area contributed by atoms with Crippen molar-refractivity contribution in [3.05, 3.63) is 56.9 Å². The summed E-state index contributed by atoms with van der Waals surface area (Å²) in [6.07, 6.45) is 1.78. The summed E-state index contributed by atoms with van der Waals surface area (Å²) in [5.41, 5.74) is 2.70. The van der Waals surface area contributed by atoms with E-state index in [1.165, 1.54) is 4.57 Å². The summed E-state index contributed by atoms with van der Waals surface area (Å²) >= 11 is 3.39. The van der Waals surface area contributed by atoms with Crippen LogP contribution in [0.4, 0.5) is 0 Å². The van der Waals surface area contributed by atoms with Crippen LogP contribution in [0.1, 0.15) is 5.56 Å². The molecule has 0 unspecified atom stereocenters. The minimum Gasteiger partial charge on any atom is -0.392 e. The second-order valence-corrected chi connectivity index (χ2v) is 4.70. The van der Waals surface area contributed by atoms with Crippen molar-refractivity contribution in [1.29, 1.82) is 0 Å². The van der Waals surface area contributed by atoms with Crippen molar-refractivity contribution >= 4 is 15.9 Å². The van der Waals surface area contributed by atoms with Gasteiger partial charge in [-0.05, 0) is 33.1 Å². The molecule has 0 bridgehead atoms. The summed E-state index contributed by atoms with van der Waals surface area (Å²) < 4.78 is 2.29. The molecule has 1 aromatic carbocycles. The van der Waals surface area contributed by atoms with Crippen molar-refractivity contribution in [1.82, 2.24) is 4.57 Å². The van der Waals surface area contributed by atoms with Gasteiger partial charge in [-0.15, -0.1) is 0 Å². The molecule has 0 atom stereocenters. The molecule has 88 valence electrons. The van der Waals surface area contributed by atoms with E-state index in [0.717, 1.165) is 21.2 Å². The first-order valence-corrected chi connectivity index (χ1v) is 5.97. The second-order valence-electron chi connectivity index (χ2n) is 3.84. The summed E-state index contributed by atoms with van der Waals surface area (Å²) in [5.74, 6) is 0. The van der Waals surface area contributed by atoms with E-state index in [2.05, 4.69) is 15.9 Å². The first-order chi connectivity index (χ1) is 8.11. The van der Waals surface area contributed by atoms with Gasteiger partial charge in [-0.3, -0.25) is 4.79 Å². The minimum atomic E-state index is -0.0565. The number of pyridine rings is 1. The normalized spacial score (nSPS) is 10.5. The van der Waals surface area contributed by atoms with Gasteiger partial charge in [0.25, 0.3) is 5.56 Å². The predicted octanol–water partition coefficient (Wildman–Crippen LogP) is 2.31. The van der Waals surface area contributed by atoms with E-state index in [9.17, 15) is 4.79 Å². The standard InChI is InChI=1S/C13H12BrNO2/c1-15-7-11(12(14)6-13(15)17)10-4-2-3-9(5-10)8-16/h2-7,16H,8H2,1H3. The number of aliphatic hydroxyl groups is 1. The van der Waals surface area contributed by atoms with Crippen molar-refractivity contribution in [3.8, 4) is 11.1 Å². The Kier molecular flexibility index (Phi) is 3.45. The van der Waals surface area contributed by atoms with Crippen LogP contribution in [0.25, 0.3) is 11.1 Å². The van der Waals surface area contributed by atoms with Crippen LogP contribution in [-0.4, -0.2) is 9.67 Å². The van der Waals surface area contributed by atoms with Gasteiger partial charge < -0.3 is 9.67 Å². The Bertz CT molecular complexity index is 605. The summed E-state index contributed by atoms with van der Waals surface area (Å²) in [7, 11) is 1.72. The maximum absolute atomic E-state index is 11.4. The molecule has 0 radical (unpaired) electrons. The Balaban J connectivity index is 2.59. The van der Waals surface area contributed by atoms with E-state index in [0.29, 0.717) is 0 Å². The first kappa shape index (κ1) is 12.1. The molecule has 17 heavy (non-hydrogen) atoms. The van der Waals surface area contributed by atoms with Crippen LogP contribution in [0.2, 0.25) is 0 Å². The maximum atomic E-state index is 11.4. The van der Waals surface area contributed by atoms with Crippen molar-refractivity contribution in [3.63, 3.8) is 0 Å². The Morgan fingerprint density at radius 3 is 2.82 bits per heavy atom. The van der Waals surface area contributed by atoms with E-state index in [1.54, 1.807) is 19.3 Å². The molecule has 4 heteroatoms. The van der Waals surface area contributed by atoms with Crippen LogP contribution < -0.4 is 5.56 Å². The predicted molar refractivity (Wildman–Crippen MR) is 70.7 cm³/mol. The Morgan fingerprint density at radius 2 is 2.12 bits per heavy atom. The number of rotatable bonds is 2. The van der Waals surface area contributed by atoms with Gasteiger partial charge in [0, 0.05) is 29.3 Å². The van der Waals surface area contributed by atoms with Crippen LogP contribution in [0.5, 0.6) is 0 Å². The lowest BCUT2D eigenvalue weighted by Gasteiger charge is -2.08. The van der Waals surface area contributed by atoms with Gasteiger partial charge in [-0.25, -0.2) is 0 Å². The van der Waals surface area contributed by atoms with E-state index < -0.39 is 0 Å². The quantitative estimate of drug-likeness (QED) is 0.923. The number of aryl methyl sites for hydroxylation is 1.